The average Bonchev–Trinajstić information content (AvgIpc) is 3.02. The SMILES string of the molecule is COC(=O)[C@H]1C[C@H](N)CN1Cc1ccccc1.Cc1ccc(S(=O)(=O)O)cc1. The van der Waals surface area contributed by atoms with Gasteiger partial charge in [-0.1, -0.05) is 48.0 Å². The Balaban J connectivity index is 0.000000221. The van der Waals surface area contributed by atoms with Crippen molar-refractivity contribution >= 4 is 16.1 Å². The Morgan fingerprint density at radius 1 is 1.18 bits per heavy atom. The fourth-order valence-electron chi connectivity index (χ4n) is 3.02. The summed E-state index contributed by atoms with van der Waals surface area (Å²) < 4.78 is 34.4. The van der Waals surface area contributed by atoms with Crippen LogP contribution in [-0.2, 0) is 26.2 Å². The Bertz CT molecular complexity index is 869. The molecule has 1 fully saturated rings. The molecule has 7 nitrogen and oxygen atoms in total. The molecule has 0 bridgehead atoms. The molecule has 1 aliphatic rings. The molecule has 0 aromatic heterocycles. The maximum atomic E-state index is 11.6. The minimum Gasteiger partial charge on any atom is -0.468 e. The van der Waals surface area contributed by atoms with Crippen LogP contribution >= 0.6 is 0 Å². The number of aryl methyl sites for hydroxylation is 1. The van der Waals surface area contributed by atoms with Gasteiger partial charge in [0, 0.05) is 19.1 Å². The largest absolute Gasteiger partial charge is 0.468 e. The third-order valence-corrected chi connectivity index (χ3v) is 5.32. The van der Waals surface area contributed by atoms with Crippen molar-refractivity contribution in [1.82, 2.24) is 4.90 Å². The number of nitrogens with two attached hydrogens (primary N) is 1. The van der Waals surface area contributed by atoms with Crippen molar-refractivity contribution in [2.45, 2.75) is 36.9 Å². The minimum absolute atomic E-state index is 0.0582. The number of carbonyl (C=O) groups is 1. The van der Waals surface area contributed by atoms with Gasteiger partial charge in [0.1, 0.15) is 6.04 Å². The van der Waals surface area contributed by atoms with Crippen LogP contribution in [0.3, 0.4) is 0 Å². The molecule has 152 valence electrons. The molecule has 0 unspecified atom stereocenters. The van der Waals surface area contributed by atoms with Crippen LogP contribution in [0.1, 0.15) is 17.5 Å². The van der Waals surface area contributed by atoms with Crippen molar-refractivity contribution in [2.75, 3.05) is 13.7 Å². The molecule has 0 saturated carbocycles. The second-order valence-corrected chi connectivity index (χ2v) is 8.16. The van der Waals surface area contributed by atoms with Crippen LogP contribution in [0.25, 0.3) is 0 Å². The summed E-state index contributed by atoms with van der Waals surface area (Å²) in [6.07, 6.45) is 0.680. The van der Waals surface area contributed by atoms with E-state index in [1.165, 1.54) is 24.8 Å². The van der Waals surface area contributed by atoms with Crippen molar-refractivity contribution < 1.29 is 22.5 Å². The van der Waals surface area contributed by atoms with Gasteiger partial charge >= 0.3 is 5.97 Å². The summed E-state index contributed by atoms with van der Waals surface area (Å²) in [6.45, 7) is 3.33. The van der Waals surface area contributed by atoms with Crippen LogP contribution in [0.15, 0.2) is 59.5 Å². The predicted molar refractivity (Wildman–Crippen MR) is 106 cm³/mol. The van der Waals surface area contributed by atoms with E-state index in [0.717, 1.165) is 18.7 Å². The first-order valence-corrected chi connectivity index (χ1v) is 10.3. The molecule has 1 saturated heterocycles. The number of ether oxygens (including phenoxy) is 1. The minimum atomic E-state index is -4.02. The van der Waals surface area contributed by atoms with Crippen LogP contribution in [0, 0.1) is 6.92 Å². The van der Waals surface area contributed by atoms with Gasteiger partial charge in [0.05, 0.1) is 12.0 Å². The van der Waals surface area contributed by atoms with Crippen molar-refractivity contribution in [3.63, 3.8) is 0 Å². The molecule has 2 aromatic rings. The smallest absolute Gasteiger partial charge is 0.323 e. The molecule has 0 aliphatic carbocycles. The second-order valence-electron chi connectivity index (χ2n) is 6.74. The maximum Gasteiger partial charge on any atom is 0.323 e. The number of hydrogen-bond donors (Lipinski definition) is 2. The van der Waals surface area contributed by atoms with Gasteiger partial charge in [-0.25, -0.2) is 0 Å². The van der Waals surface area contributed by atoms with Crippen molar-refractivity contribution in [3.05, 3.63) is 65.7 Å². The van der Waals surface area contributed by atoms with Crippen LogP contribution in [0.4, 0.5) is 0 Å². The monoisotopic (exact) mass is 406 g/mol. The second kappa shape index (κ2) is 9.79. The van der Waals surface area contributed by atoms with Gasteiger partial charge in [-0.05, 0) is 31.0 Å². The first-order valence-electron chi connectivity index (χ1n) is 8.86. The highest BCUT2D eigenvalue weighted by atomic mass is 32.2. The summed E-state index contributed by atoms with van der Waals surface area (Å²) in [6, 6.07) is 15.9. The van der Waals surface area contributed by atoms with Gasteiger partial charge in [0.2, 0.25) is 0 Å². The third kappa shape index (κ3) is 6.42. The molecule has 0 spiro atoms. The molecule has 3 rings (SSSR count). The van der Waals surface area contributed by atoms with Crippen LogP contribution in [0.2, 0.25) is 0 Å². The van der Waals surface area contributed by atoms with E-state index in [2.05, 4.69) is 17.0 Å². The highest BCUT2D eigenvalue weighted by molar-refractivity contribution is 7.85. The Morgan fingerprint density at radius 3 is 2.32 bits per heavy atom. The van der Waals surface area contributed by atoms with Gasteiger partial charge < -0.3 is 10.5 Å². The number of nitrogens with zero attached hydrogens (tertiary/aromatic N) is 1. The van der Waals surface area contributed by atoms with Gasteiger partial charge in [0.25, 0.3) is 10.1 Å². The molecule has 0 radical (unpaired) electrons. The first-order chi connectivity index (χ1) is 13.2. The molecule has 28 heavy (non-hydrogen) atoms. The third-order valence-electron chi connectivity index (χ3n) is 4.46. The summed E-state index contributed by atoms with van der Waals surface area (Å²) in [5.74, 6) is -0.186. The molecule has 8 heteroatoms. The summed E-state index contributed by atoms with van der Waals surface area (Å²) >= 11 is 0. The first kappa shape index (κ1) is 22.0. The Hall–Kier alpha value is -2.26. The topological polar surface area (TPSA) is 110 Å². The number of hydrogen-bond acceptors (Lipinski definition) is 6. The van der Waals surface area contributed by atoms with E-state index in [0.29, 0.717) is 6.42 Å². The summed E-state index contributed by atoms with van der Waals surface area (Å²) in [5.41, 5.74) is 8.06. The number of methoxy groups -OCH3 is 1. The predicted octanol–water partition coefficient (Wildman–Crippen LogP) is 2.00. The molecular formula is C20H26N2O5S. The van der Waals surface area contributed by atoms with Crippen LogP contribution in [0.5, 0.6) is 0 Å². The van der Waals surface area contributed by atoms with Crippen LogP contribution < -0.4 is 5.73 Å². The molecule has 0 amide bonds. The van der Waals surface area contributed by atoms with Crippen LogP contribution in [-0.4, -0.2) is 49.6 Å². The van der Waals surface area contributed by atoms with E-state index in [1.807, 2.05) is 25.1 Å². The molecule has 3 N–H and O–H groups in total. The van der Waals surface area contributed by atoms with Gasteiger partial charge in [0.15, 0.2) is 0 Å². The van der Waals surface area contributed by atoms with Gasteiger partial charge in [-0.2, -0.15) is 8.42 Å². The number of carbonyl (C=O) groups excluding carboxylic acids is 1. The Kier molecular flexibility index (Phi) is 7.70. The molecular weight excluding hydrogens is 380 g/mol. The average molecular weight is 407 g/mol. The summed E-state index contributed by atoms with van der Waals surface area (Å²) in [4.78, 5) is 13.7. The molecule has 2 atom stereocenters. The highest BCUT2D eigenvalue weighted by Crippen LogP contribution is 2.20. The van der Waals surface area contributed by atoms with E-state index in [1.54, 1.807) is 12.1 Å². The Morgan fingerprint density at radius 2 is 1.79 bits per heavy atom. The van der Waals surface area contributed by atoms with Crippen molar-refractivity contribution in [3.8, 4) is 0 Å². The highest BCUT2D eigenvalue weighted by Gasteiger charge is 2.35. The molecule has 1 aliphatic heterocycles. The lowest BCUT2D eigenvalue weighted by Crippen LogP contribution is -2.36. The normalized spacial score (nSPS) is 19.6. The number of rotatable bonds is 4. The summed E-state index contributed by atoms with van der Waals surface area (Å²) in [7, 11) is -2.60. The standard InChI is InChI=1S/C13H18N2O2.C7H8O3S/c1-17-13(16)12-7-11(14)9-15(12)8-10-5-3-2-4-6-10;1-6-2-4-7(5-3-6)11(8,9)10/h2-6,11-12H,7-9,14H2,1H3;2-5H,1H3,(H,8,9,10)/t11-,12+;/m0./s1. The van der Waals surface area contributed by atoms with Crippen molar-refractivity contribution in [2.24, 2.45) is 5.73 Å². The quantitative estimate of drug-likeness (QED) is 0.590. The zero-order valence-corrected chi connectivity index (χ0v) is 16.8. The number of benzene rings is 2. The molecule has 1 heterocycles. The van der Waals surface area contributed by atoms with Crippen molar-refractivity contribution in [1.29, 1.82) is 0 Å². The van der Waals surface area contributed by atoms with E-state index in [-0.39, 0.29) is 22.9 Å². The molecule has 2 aromatic carbocycles. The van der Waals surface area contributed by atoms with E-state index >= 15 is 0 Å². The fraction of sp³-hybridized carbons (Fsp3) is 0.350. The fourth-order valence-corrected chi connectivity index (χ4v) is 3.50. The lowest BCUT2D eigenvalue weighted by atomic mass is 10.1. The zero-order valence-electron chi connectivity index (χ0n) is 16.0. The van der Waals surface area contributed by atoms with E-state index < -0.39 is 10.1 Å². The van der Waals surface area contributed by atoms with Gasteiger partial charge in [-0.3, -0.25) is 14.2 Å². The Labute approximate surface area is 165 Å². The number of likely N-dealkylation sites (tertiary alicyclic amines) is 1. The lowest BCUT2D eigenvalue weighted by molar-refractivity contribution is -0.146. The van der Waals surface area contributed by atoms with E-state index in [9.17, 15) is 13.2 Å². The maximum absolute atomic E-state index is 11.6. The van der Waals surface area contributed by atoms with E-state index in [4.69, 9.17) is 15.0 Å². The summed E-state index contributed by atoms with van der Waals surface area (Å²) in [5, 5.41) is 0. The zero-order chi connectivity index (χ0) is 20.7. The van der Waals surface area contributed by atoms with Gasteiger partial charge in [-0.15, -0.1) is 0 Å². The lowest BCUT2D eigenvalue weighted by Gasteiger charge is -2.22. The number of esters is 1.